The molecule has 17 nitrogen and oxygen atoms in total. The summed E-state index contributed by atoms with van der Waals surface area (Å²) in [5.74, 6) is -6.87. The fourth-order valence-electron chi connectivity index (χ4n) is 6.65. The molecule has 65 heavy (non-hydrogen) atoms. The standard InChI is InChI=1S/C46H48N6O10S2.H2O/c1-5-21-51-29-47-25-37(51)27-63(59)39-11-7-9-35(23-39)49-61-43(55)45(57,41(53)33-17-13-31(3)14-18-33)46(58,42(54)34-19-15-32(4)16-20-34)44(56)62-50-36-10-8-12-40(24-36)64(60)28-38-26-48-30-52(38)22-6-2;/h7-20,23-26,29-30,49-50,57-58H,5-6,21-22,27-28H2,1-4H3;1H2. The van der Waals surface area contributed by atoms with Gasteiger partial charge in [-0.3, -0.25) is 9.59 Å². The molecular formula is C46H50N6O11S2. The second kappa shape index (κ2) is 22.0. The highest BCUT2D eigenvalue weighted by Crippen LogP contribution is 2.35. The Balaban J connectivity index is 0.00000793. The highest BCUT2D eigenvalue weighted by Gasteiger charge is 2.71. The molecule has 0 aliphatic rings. The Morgan fingerprint density at radius 2 is 1.00 bits per heavy atom. The van der Waals surface area contributed by atoms with Crippen molar-refractivity contribution in [1.29, 1.82) is 0 Å². The van der Waals surface area contributed by atoms with Crippen molar-refractivity contribution in [3.63, 3.8) is 0 Å². The third kappa shape index (κ3) is 11.1. The van der Waals surface area contributed by atoms with Crippen LogP contribution in [0.4, 0.5) is 11.4 Å². The molecule has 6 aromatic rings. The van der Waals surface area contributed by atoms with Crippen molar-refractivity contribution >= 4 is 57.2 Å². The zero-order valence-corrected chi connectivity index (χ0v) is 37.7. The molecule has 0 amide bonds. The second-order valence-corrected chi connectivity index (χ2v) is 17.9. The van der Waals surface area contributed by atoms with Gasteiger partial charge < -0.3 is 43.6 Å². The topological polar surface area (TPSA) is 265 Å². The molecule has 2 heterocycles. The molecule has 19 heteroatoms. The van der Waals surface area contributed by atoms with Gasteiger partial charge in [0.25, 0.3) is 11.2 Å². The quantitative estimate of drug-likeness (QED) is 0.0321. The summed E-state index contributed by atoms with van der Waals surface area (Å²) in [7, 11) is 0. The summed E-state index contributed by atoms with van der Waals surface area (Å²) in [6.07, 6.45) is 8.22. The number of anilines is 2. The van der Waals surface area contributed by atoms with Crippen LogP contribution in [0.5, 0.6) is 0 Å². The van der Waals surface area contributed by atoms with Crippen LogP contribution in [-0.4, -0.2) is 78.6 Å². The summed E-state index contributed by atoms with van der Waals surface area (Å²) < 4.78 is 30.7. The van der Waals surface area contributed by atoms with Gasteiger partial charge in [0, 0.05) is 36.3 Å². The summed E-state index contributed by atoms with van der Waals surface area (Å²) in [5.41, 5.74) is -1.31. The number of ketones is 2. The lowest BCUT2D eigenvalue weighted by atomic mass is 9.73. The zero-order valence-electron chi connectivity index (χ0n) is 36.1. The average Bonchev–Trinajstić information content (AvgIpc) is 3.95. The smallest absolute Gasteiger partial charge is 0.375 e. The van der Waals surface area contributed by atoms with Crippen LogP contribution in [0.25, 0.3) is 0 Å². The van der Waals surface area contributed by atoms with E-state index in [1.807, 2.05) is 23.0 Å². The minimum Gasteiger partial charge on any atom is -0.611 e. The van der Waals surface area contributed by atoms with Crippen LogP contribution in [0.15, 0.2) is 132 Å². The number of nitrogens with zero attached hydrogens (tertiary/aromatic N) is 4. The number of carbonyl (C=O) groups excluding carboxylic acids is 4. The first-order valence-electron chi connectivity index (χ1n) is 20.3. The van der Waals surface area contributed by atoms with E-state index in [1.54, 1.807) is 51.0 Å². The molecule has 342 valence electrons. The molecule has 0 aliphatic carbocycles. The lowest BCUT2D eigenvalue weighted by Gasteiger charge is -2.36. The monoisotopic (exact) mass is 926 g/mol. The van der Waals surface area contributed by atoms with E-state index in [2.05, 4.69) is 20.9 Å². The molecule has 0 saturated carbocycles. The number of nitrogens with one attached hydrogen (secondary N) is 2. The van der Waals surface area contributed by atoms with Crippen LogP contribution >= 0.6 is 0 Å². The molecule has 0 aliphatic heterocycles. The van der Waals surface area contributed by atoms with Crippen molar-refractivity contribution in [1.82, 2.24) is 19.1 Å². The van der Waals surface area contributed by atoms with E-state index in [9.17, 15) is 38.5 Å². The number of Topliss-reactive ketones (excluding diaryl/α,β-unsaturated/α-hetero) is 2. The first kappa shape index (κ1) is 49.7. The van der Waals surface area contributed by atoms with E-state index in [0.29, 0.717) is 34.0 Å². The van der Waals surface area contributed by atoms with Crippen molar-refractivity contribution in [3.8, 4) is 0 Å². The number of benzene rings is 4. The number of carbonyl (C=O) groups is 4. The number of rotatable bonds is 21. The Morgan fingerprint density at radius 1 is 0.631 bits per heavy atom. The normalized spacial score (nSPS) is 13.8. The molecular weight excluding hydrogens is 877 g/mol. The molecule has 4 aromatic carbocycles. The molecule has 0 fully saturated rings. The predicted molar refractivity (Wildman–Crippen MR) is 242 cm³/mol. The summed E-state index contributed by atoms with van der Waals surface area (Å²) in [5, 5.41) is 25.0. The van der Waals surface area contributed by atoms with Gasteiger partial charge in [-0.25, -0.2) is 30.5 Å². The first-order chi connectivity index (χ1) is 30.7. The van der Waals surface area contributed by atoms with Crippen LogP contribution in [0, 0.1) is 13.8 Å². The van der Waals surface area contributed by atoms with Crippen molar-refractivity contribution in [2.24, 2.45) is 0 Å². The third-order valence-corrected chi connectivity index (χ3v) is 12.9. The van der Waals surface area contributed by atoms with E-state index in [4.69, 9.17) is 9.68 Å². The zero-order chi connectivity index (χ0) is 46.0. The Hall–Kier alpha value is -6.32. The molecule has 0 saturated heterocycles. The van der Waals surface area contributed by atoms with Gasteiger partial charge in [0.15, 0.2) is 21.3 Å². The number of hydrogen-bond acceptors (Lipinski definition) is 14. The summed E-state index contributed by atoms with van der Waals surface area (Å²) in [4.78, 5) is 77.3. The number of aliphatic hydroxyl groups is 2. The predicted octanol–water partition coefficient (Wildman–Crippen LogP) is 4.98. The van der Waals surface area contributed by atoms with Gasteiger partial charge >= 0.3 is 11.9 Å². The number of imidazole rings is 2. The van der Waals surface area contributed by atoms with E-state index in [-0.39, 0.29) is 39.5 Å². The van der Waals surface area contributed by atoms with Crippen LogP contribution in [0.1, 0.15) is 69.9 Å². The number of aryl methyl sites for hydroxylation is 4. The van der Waals surface area contributed by atoms with Crippen molar-refractivity contribution in [2.45, 2.75) is 86.1 Å². The maximum absolute atomic E-state index is 14.5. The Morgan fingerprint density at radius 3 is 1.35 bits per heavy atom. The van der Waals surface area contributed by atoms with E-state index < -0.39 is 57.1 Å². The maximum Gasteiger partial charge on any atom is 0.375 e. The van der Waals surface area contributed by atoms with E-state index >= 15 is 0 Å². The SMILES string of the molecule is CCCn1cncc1C[S+]([O-])c1cccc(NOC(=O)C(O)(C(=O)c2ccc(C)cc2)C(O)(C(=O)ONc2cccc([S+]([O-])Cc3cncn3CCC)c2)C(=O)c2ccc(C)cc2)c1.O. The van der Waals surface area contributed by atoms with Gasteiger partial charge in [0.1, 0.15) is 0 Å². The van der Waals surface area contributed by atoms with Gasteiger partial charge in [-0.15, -0.1) is 0 Å². The second-order valence-electron chi connectivity index (χ2n) is 15.0. The lowest BCUT2D eigenvalue weighted by molar-refractivity contribution is -0.191. The largest absolute Gasteiger partial charge is 0.611 e. The minimum atomic E-state index is -4.03. The summed E-state index contributed by atoms with van der Waals surface area (Å²) in [6.45, 7) is 8.80. The van der Waals surface area contributed by atoms with E-state index in [0.717, 1.165) is 24.2 Å². The van der Waals surface area contributed by atoms with Gasteiger partial charge in [0.2, 0.25) is 11.6 Å². The Kier molecular flexibility index (Phi) is 16.9. The molecule has 2 aromatic heterocycles. The van der Waals surface area contributed by atoms with Crippen LogP contribution in [0.2, 0.25) is 0 Å². The average molecular weight is 927 g/mol. The maximum atomic E-state index is 14.5. The number of aromatic nitrogens is 4. The summed E-state index contributed by atoms with van der Waals surface area (Å²) >= 11 is -3.20. The van der Waals surface area contributed by atoms with Gasteiger partial charge in [-0.2, -0.15) is 0 Å². The fourth-order valence-corrected chi connectivity index (χ4v) is 8.98. The number of hydrogen-bond donors (Lipinski definition) is 4. The van der Waals surface area contributed by atoms with Gasteiger partial charge in [-0.05, 0) is 73.3 Å². The van der Waals surface area contributed by atoms with Crippen molar-refractivity contribution in [3.05, 3.63) is 156 Å². The Labute approximate surface area is 381 Å². The van der Waals surface area contributed by atoms with Crippen LogP contribution in [-0.2, 0) is 66.2 Å². The third-order valence-electron chi connectivity index (χ3n) is 10.2. The first-order valence-corrected chi connectivity index (χ1v) is 22.9. The van der Waals surface area contributed by atoms with Crippen molar-refractivity contribution in [2.75, 3.05) is 11.0 Å². The van der Waals surface area contributed by atoms with E-state index in [1.165, 1.54) is 84.9 Å². The molecule has 0 spiro atoms. The molecule has 0 radical (unpaired) electrons. The highest BCUT2D eigenvalue weighted by atomic mass is 32.2. The fraction of sp³-hybridized carbons (Fsp3) is 0.261. The van der Waals surface area contributed by atoms with Crippen LogP contribution in [0.3, 0.4) is 0 Å². The molecule has 6 rings (SSSR count). The molecule has 6 N–H and O–H groups in total. The summed E-state index contributed by atoms with van der Waals surface area (Å²) in [6, 6.07) is 22.7. The molecule has 0 bridgehead atoms. The van der Waals surface area contributed by atoms with Gasteiger partial charge in [-0.1, -0.05) is 85.6 Å². The van der Waals surface area contributed by atoms with Gasteiger partial charge in [0.05, 0.1) is 47.8 Å². The molecule has 4 unspecified atom stereocenters. The van der Waals surface area contributed by atoms with Crippen LogP contribution < -0.4 is 11.0 Å². The Bertz CT molecular complexity index is 2410. The highest BCUT2D eigenvalue weighted by molar-refractivity contribution is 7.91. The minimum absolute atomic E-state index is 0. The van der Waals surface area contributed by atoms with Crippen molar-refractivity contribution < 1.29 is 53.6 Å². The lowest BCUT2D eigenvalue weighted by Crippen LogP contribution is -2.72. The molecule has 4 atom stereocenters.